The number of hydrogen-bond acceptors (Lipinski definition) is 7. The fraction of sp³-hybridized carbons (Fsp3) is 0.300. The van der Waals surface area contributed by atoms with Crippen molar-refractivity contribution in [2.24, 2.45) is 0 Å². The predicted octanol–water partition coefficient (Wildman–Crippen LogP) is 1.84. The largest absolute Gasteiger partial charge is 0.493 e. The van der Waals surface area contributed by atoms with Gasteiger partial charge in [-0.1, -0.05) is 30.3 Å². The summed E-state index contributed by atoms with van der Waals surface area (Å²) in [4.78, 5) is 36.2. The Labute approximate surface area is 171 Å². The first-order valence-electron chi connectivity index (χ1n) is 9.06. The van der Waals surface area contributed by atoms with Crippen LogP contribution in [0.3, 0.4) is 0 Å². The van der Waals surface area contributed by atoms with E-state index in [2.05, 4.69) is 0 Å². The third-order valence-electron chi connectivity index (χ3n) is 4.77. The van der Waals surface area contributed by atoms with Gasteiger partial charge < -0.3 is 24.6 Å². The van der Waals surface area contributed by atoms with E-state index in [0.29, 0.717) is 0 Å². The lowest BCUT2D eigenvalue weighted by atomic mass is 10.1. The van der Waals surface area contributed by atoms with Crippen molar-refractivity contribution in [1.29, 1.82) is 0 Å². The van der Waals surface area contributed by atoms with Crippen LogP contribution in [0, 0.1) is 10.1 Å². The molecular formula is C20H20N2O8. The number of nitro benzene ring substituents is 1. The Bertz CT molecular complexity index is 963. The van der Waals surface area contributed by atoms with E-state index in [1.165, 1.54) is 7.11 Å². The maximum absolute atomic E-state index is 12.9. The summed E-state index contributed by atoms with van der Waals surface area (Å²) >= 11 is 0. The van der Waals surface area contributed by atoms with Gasteiger partial charge in [0.05, 0.1) is 24.2 Å². The van der Waals surface area contributed by atoms with Gasteiger partial charge in [0.15, 0.2) is 11.5 Å². The van der Waals surface area contributed by atoms with Crippen molar-refractivity contribution in [1.82, 2.24) is 4.90 Å². The van der Waals surface area contributed by atoms with Gasteiger partial charge in [0.25, 0.3) is 11.6 Å². The molecule has 10 heteroatoms. The quantitative estimate of drug-likeness (QED) is 0.515. The minimum atomic E-state index is -1.29. The number of rotatable bonds is 7. The smallest absolute Gasteiger partial charge is 0.326 e. The van der Waals surface area contributed by atoms with Crippen LogP contribution in [0.5, 0.6) is 11.5 Å². The standard InChI is InChI=1S/C20H20N2O8/c1-29-17-8-14(19(24)21-10-13(23)7-16(21)20(25)26)15(22(27)28)9-18(17)30-11-12-5-3-2-4-6-12/h2-6,8-9,13,16,23H,7,10-11H2,1H3,(H,25,26). The number of methoxy groups -OCH3 is 1. The number of ether oxygens (including phenoxy) is 2. The fourth-order valence-corrected chi connectivity index (χ4v) is 3.31. The Balaban J connectivity index is 1.95. The maximum Gasteiger partial charge on any atom is 0.326 e. The third-order valence-corrected chi connectivity index (χ3v) is 4.77. The van der Waals surface area contributed by atoms with Gasteiger partial charge in [-0.2, -0.15) is 0 Å². The number of nitro groups is 1. The maximum atomic E-state index is 12.9. The van der Waals surface area contributed by atoms with Crippen LogP contribution >= 0.6 is 0 Å². The second-order valence-electron chi connectivity index (χ2n) is 6.75. The van der Waals surface area contributed by atoms with Gasteiger partial charge in [0.2, 0.25) is 0 Å². The number of aliphatic hydroxyl groups is 1. The Morgan fingerprint density at radius 2 is 1.93 bits per heavy atom. The molecule has 1 aliphatic heterocycles. The molecule has 2 aromatic rings. The molecule has 1 fully saturated rings. The van der Waals surface area contributed by atoms with Crippen LogP contribution in [0.1, 0.15) is 22.3 Å². The molecule has 158 valence electrons. The summed E-state index contributed by atoms with van der Waals surface area (Å²) in [5.74, 6) is -2.01. The van der Waals surface area contributed by atoms with E-state index in [0.717, 1.165) is 22.6 Å². The van der Waals surface area contributed by atoms with E-state index < -0.39 is 34.6 Å². The van der Waals surface area contributed by atoms with Gasteiger partial charge in [0.1, 0.15) is 18.2 Å². The highest BCUT2D eigenvalue weighted by atomic mass is 16.6. The number of carboxylic acids is 1. The van der Waals surface area contributed by atoms with Gasteiger partial charge in [0, 0.05) is 19.0 Å². The predicted molar refractivity (Wildman–Crippen MR) is 104 cm³/mol. The van der Waals surface area contributed by atoms with E-state index in [-0.39, 0.29) is 36.6 Å². The minimum Gasteiger partial charge on any atom is -0.493 e. The number of hydrogen-bond donors (Lipinski definition) is 2. The van der Waals surface area contributed by atoms with Gasteiger partial charge in [-0.15, -0.1) is 0 Å². The number of benzene rings is 2. The SMILES string of the molecule is COc1cc(C(=O)N2CC(O)CC2C(=O)O)c([N+](=O)[O-])cc1OCc1ccccc1. The number of likely N-dealkylation sites (tertiary alicyclic amines) is 1. The van der Waals surface area contributed by atoms with Gasteiger partial charge in [-0.3, -0.25) is 14.9 Å². The summed E-state index contributed by atoms with van der Waals surface area (Å²) in [6.07, 6.45) is -1.17. The highest BCUT2D eigenvalue weighted by Gasteiger charge is 2.41. The monoisotopic (exact) mass is 416 g/mol. The van der Waals surface area contributed by atoms with E-state index in [4.69, 9.17) is 9.47 Å². The second-order valence-corrected chi connectivity index (χ2v) is 6.75. The lowest BCUT2D eigenvalue weighted by Gasteiger charge is -2.21. The Morgan fingerprint density at radius 3 is 2.53 bits per heavy atom. The number of amides is 1. The van der Waals surface area contributed by atoms with Crippen LogP contribution in [-0.4, -0.2) is 57.7 Å². The molecule has 0 bridgehead atoms. The van der Waals surface area contributed by atoms with Gasteiger partial charge in [-0.25, -0.2) is 4.79 Å². The molecule has 30 heavy (non-hydrogen) atoms. The molecule has 1 amide bonds. The Kier molecular flexibility index (Phi) is 6.17. The molecule has 2 unspecified atom stereocenters. The number of carbonyl (C=O) groups excluding carboxylic acids is 1. The molecule has 2 N–H and O–H groups in total. The molecule has 1 heterocycles. The number of carbonyl (C=O) groups is 2. The van der Waals surface area contributed by atoms with Crippen LogP contribution in [0.25, 0.3) is 0 Å². The van der Waals surface area contributed by atoms with Gasteiger partial charge >= 0.3 is 5.97 Å². The highest BCUT2D eigenvalue weighted by molar-refractivity contribution is 6.01. The molecule has 2 aromatic carbocycles. The first-order valence-corrected chi connectivity index (χ1v) is 9.06. The Morgan fingerprint density at radius 1 is 1.23 bits per heavy atom. The van der Waals surface area contributed by atoms with E-state index in [9.17, 15) is 29.9 Å². The van der Waals surface area contributed by atoms with Crippen molar-refractivity contribution in [2.75, 3.05) is 13.7 Å². The van der Waals surface area contributed by atoms with Crippen molar-refractivity contribution in [2.45, 2.75) is 25.2 Å². The zero-order chi connectivity index (χ0) is 21.8. The molecular weight excluding hydrogens is 396 g/mol. The van der Waals surface area contributed by atoms with Crippen molar-refractivity contribution < 1.29 is 34.2 Å². The highest BCUT2D eigenvalue weighted by Crippen LogP contribution is 2.36. The molecule has 1 aliphatic rings. The normalized spacial score (nSPS) is 18.1. The molecule has 0 aliphatic carbocycles. The van der Waals surface area contributed by atoms with Crippen LogP contribution < -0.4 is 9.47 Å². The average molecular weight is 416 g/mol. The zero-order valence-electron chi connectivity index (χ0n) is 16.1. The zero-order valence-corrected chi connectivity index (χ0v) is 16.1. The molecule has 3 rings (SSSR count). The van der Waals surface area contributed by atoms with E-state index in [1.54, 1.807) is 0 Å². The summed E-state index contributed by atoms with van der Waals surface area (Å²) in [5.41, 5.74) is -0.0589. The summed E-state index contributed by atoms with van der Waals surface area (Å²) in [6, 6.07) is 10.1. The van der Waals surface area contributed by atoms with Crippen molar-refractivity contribution >= 4 is 17.6 Å². The van der Waals surface area contributed by atoms with E-state index in [1.807, 2.05) is 30.3 Å². The number of β-amino-alcohol motifs (C(OH)–C–C–N with tert-alkyl or cyclic N) is 1. The number of carboxylic acid groups (broad SMARTS) is 1. The van der Waals surface area contributed by atoms with Crippen molar-refractivity contribution in [3.63, 3.8) is 0 Å². The minimum absolute atomic E-state index is 0.0702. The fourth-order valence-electron chi connectivity index (χ4n) is 3.31. The average Bonchev–Trinajstić information content (AvgIpc) is 3.13. The lowest BCUT2D eigenvalue weighted by Crippen LogP contribution is -2.40. The molecule has 0 spiro atoms. The van der Waals surface area contributed by atoms with Crippen molar-refractivity contribution in [3.8, 4) is 11.5 Å². The lowest BCUT2D eigenvalue weighted by molar-refractivity contribution is -0.385. The van der Waals surface area contributed by atoms with Crippen molar-refractivity contribution in [3.05, 3.63) is 63.7 Å². The molecule has 0 saturated carbocycles. The number of nitrogens with zero attached hydrogens (tertiary/aromatic N) is 2. The number of aliphatic carboxylic acids is 1. The van der Waals surface area contributed by atoms with Gasteiger partial charge in [-0.05, 0) is 5.56 Å². The molecule has 10 nitrogen and oxygen atoms in total. The summed E-state index contributed by atoms with van der Waals surface area (Å²) in [6.45, 7) is -0.109. The second kappa shape index (κ2) is 8.78. The van der Waals surface area contributed by atoms with Crippen LogP contribution in [-0.2, 0) is 11.4 Å². The molecule has 1 saturated heterocycles. The van der Waals surface area contributed by atoms with Crippen LogP contribution in [0.15, 0.2) is 42.5 Å². The summed E-state index contributed by atoms with van der Waals surface area (Å²) in [5, 5.41) is 30.7. The summed E-state index contributed by atoms with van der Waals surface area (Å²) in [7, 11) is 1.32. The molecule has 0 aromatic heterocycles. The molecule has 0 radical (unpaired) electrons. The van der Waals surface area contributed by atoms with Crippen LogP contribution in [0.2, 0.25) is 0 Å². The summed E-state index contributed by atoms with van der Waals surface area (Å²) < 4.78 is 10.9. The first-order chi connectivity index (χ1) is 14.3. The van der Waals surface area contributed by atoms with E-state index >= 15 is 0 Å². The van der Waals surface area contributed by atoms with Crippen LogP contribution in [0.4, 0.5) is 5.69 Å². The third kappa shape index (κ3) is 4.33. The number of aliphatic hydroxyl groups excluding tert-OH is 1. The topological polar surface area (TPSA) is 139 Å². The Hall–Kier alpha value is -3.66. The first kappa shape index (κ1) is 21.1. The molecule has 2 atom stereocenters.